The molecule has 0 fully saturated rings. The molecule has 37 heavy (non-hydrogen) atoms. The first-order valence-corrected chi connectivity index (χ1v) is 12.6. The zero-order valence-electron chi connectivity index (χ0n) is 20.8. The second-order valence-electron chi connectivity index (χ2n) is 9.63. The van der Waals surface area contributed by atoms with Crippen molar-refractivity contribution >= 4 is 44.2 Å². The average Bonchev–Trinajstić information content (AvgIpc) is 3.55. The van der Waals surface area contributed by atoms with Gasteiger partial charge in [-0.05, 0) is 59.8 Å². The van der Waals surface area contributed by atoms with E-state index < -0.39 is 0 Å². The summed E-state index contributed by atoms with van der Waals surface area (Å²) in [4.78, 5) is 8.80. The molecule has 1 N–H and O–H groups in total. The van der Waals surface area contributed by atoms with E-state index in [2.05, 4.69) is 102 Å². The van der Waals surface area contributed by atoms with E-state index in [1.807, 2.05) is 12.1 Å². The molecule has 5 heteroatoms. The third kappa shape index (κ3) is 3.54. The number of ether oxygens (including phenoxy) is 1. The van der Waals surface area contributed by atoms with Gasteiger partial charge >= 0.3 is 0 Å². The van der Waals surface area contributed by atoms with Gasteiger partial charge in [0.25, 0.3) is 0 Å². The van der Waals surface area contributed by atoms with Crippen LogP contribution < -0.4 is 9.75 Å². The molecule has 0 amide bonds. The Morgan fingerprint density at radius 1 is 0.838 bits per heavy atom. The van der Waals surface area contributed by atoms with Crippen LogP contribution in [0.25, 0.3) is 32.7 Å². The SMILES string of the molecule is COc1ccc(C2=NN(c3nc4[nH]c5ccc(C)cc5c4c4ccccc34)C(c3ccccc3)C2)cc1. The number of methoxy groups -OCH3 is 1. The Hall–Kier alpha value is -4.64. The number of aromatic nitrogens is 2. The molecule has 5 nitrogen and oxygen atoms in total. The van der Waals surface area contributed by atoms with Crippen LogP contribution in [0.4, 0.5) is 5.82 Å². The van der Waals surface area contributed by atoms with Crippen molar-refractivity contribution in [2.24, 2.45) is 5.10 Å². The lowest BCUT2D eigenvalue weighted by Gasteiger charge is -2.24. The number of rotatable bonds is 4. The van der Waals surface area contributed by atoms with E-state index in [1.165, 1.54) is 21.9 Å². The zero-order valence-corrected chi connectivity index (χ0v) is 20.8. The standard InChI is InChI=1S/C32H26N4O/c1-20-12-17-27-26(18-20)30-24-10-6-7-11-25(24)32(34-31(30)33-27)36-29(22-8-4-3-5-9-22)19-28(35-36)21-13-15-23(37-2)16-14-21/h3-18,29H,19H2,1-2H3,(H,33,34). The Bertz CT molecular complexity index is 1800. The molecule has 0 aliphatic carbocycles. The fourth-order valence-corrected chi connectivity index (χ4v) is 5.48. The Balaban J connectivity index is 1.46. The van der Waals surface area contributed by atoms with E-state index in [0.717, 1.165) is 51.2 Å². The molecule has 0 saturated heterocycles. The summed E-state index contributed by atoms with van der Waals surface area (Å²) in [7, 11) is 1.69. The van der Waals surface area contributed by atoms with Crippen molar-refractivity contribution < 1.29 is 4.74 Å². The Labute approximate surface area is 215 Å². The van der Waals surface area contributed by atoms with E-state index in [9.17, 15) is 0 Å². The van der Waals surface area contributed by atoms with Gasteiger partial charge in [-0.3, -0.25) is 0 Å². The summed E-state index contributed by atoms with van der Waals surface area (Å²) in [5, 5.41) is 12.0. The average molecular weight is 483 g/mol. The number of anilines is 1. The predicted molar refractivity (Wildman–Crippen MR) is 152 cm³/mol. The Morgan fingerprint density at radius 2 is 1.59 bits per heavy atom. The summed E-state index contributed by atoms with van der Waals surface area (Å²) in [6, 6.07) is 33.8. The fraction of sp³-hybridized carbons (Fsp3) is 0.125. The monoisotopic (exact) mass is 482 g/mol. The van der Waals surface area contributed by atoms with Crippen LogP contribution in [0.3, 0.4) is 0 Å². The van der Waals surface area contributed by atoms with Gasteiger partial charge in [0.1, 0.15) is 11.4 Å². The molecule has 0 spiro atoms. The van der Waals surface area contributed by atoms with Crippen molar-refractivity contribution in [1.82, 2.24) is 9.97 Å². The van der Waals surface area contributed by atoms with Gasteiger partial charge in [-0.1, -0.05) is 66.2 Å². The molecule has 3 heterocycles. The van der Waals surface area contributed by atoms with Gasteiger partial charge in [-0.25, -0.2) is 9.99 Å². The molecule has 2 aromatic heterocycles. The van der Waals surface area contributed by atoms with Crippen LogP contribution in [-0.2, 0) is 0 Å². The maximum Gasteiger partial charge on any atom is 0.159 e. The number of nitrogens with zero attached hydrogens (tertiary/aromatic N) is 3. The molecule has 1 atom stereocenters. The molecule has 4 aromatic carbocycles. The molecule has 1 aliphatic heterocycles. The number of H-pyrrole nitrogens is 1. The van der Waals surface area contributed by atoms with Crippen molar-refractivity contribution in [2.45, 2.75) is 19.4 Å². The number of aromatic amines is 1. The minimum absolute atomic E-state index is 0.0401. The number of aryl methyl sites for hydroxylation is 1. The summed E-state index contributed by atoms with van der Waals surface area (Å²) in [6.45, 7) is 2.13. The minimum Gasteiger partial charge on any atom is -0.497 e. The maximum absolute atomic E-state index is 5.37. The second-order valence-corrected chi connectivity index (χ2v) is 9.63. The van der Waals surface area contributed by atoms with E-state index in [1.54, 1.807) is 7.11 Å². The lowest BCUT2D eigenvalue weighted by atomic mass is 9.98. The van der Waals surface area contributed by atoms with Gasteiger partial charge in [0, 0.05) is 28.1 Å². The van der Waals surface area contributed by atoms with Crippen LogP contribution in [-0.4, -0.2) is 22.8 Å². The number of hydrazone groups is 1. The van der Waals surface area contributed by atoms with Crippen LogP contribution in [0.15, 0.2) is 102 Å². The largest absolute Gasteiger partial charge is 0.497 e. The zero-order chi connectivity index (χ0) is 24.9. The predicted octanol–water partition coefficient (Wildman–Crippen LogP) is 7.54. The summed E-state index contributed by atoms with van der Waals surface area (Å²) < 4.78 is 5.37. The van der Waals surface area contributed by atoms with E-state index in [0.29, 0.717) is 0 Å². The highest BCUT2D eigenvalue weighted by molar-refractivity contribution is 6.21. The highest BCUT2D eigenvalue weighted by Crippen LogP contribution is 2.42. The highest BCUT2D eigenvalue weighted by Gasteiger charge is 2.32. The molecule has 1 aliphatic rings. The molecule has 0 bridgehead atoms. The summed E-state index contributed by atoms with van der Waals surface area (Å²) in [5.41, 5.74) is 6.56. The van der Waals surface area contributed by atoms with Gasteiger partial charge < -0.3 is 9.72 Å². The van der Waals surface area contributed by atoms with E-state index in [4.69, 9.17) is 14.8 Å². The number of hydrogen-bond acceptors (Lipinski definition) is 4. The first-order chi connectivity index (χ1) is 18.2. The van der Waals surface area contributed by atoms with Gasteiger partial charge in [0.05, 0.1) is 18.9 Å². The van der Waals surface area contributed by atoms with Crippen LogP contribution >= 0.6 is 0 Å². The third-order valence-electron chi connectivity index (χ3n) is 7.32. The Morgan fingerprint density at radius 3 is 2.38 bits per heavy atom. The number of nitrogens with one attached hydrogen (secondary N) is 1. The number of pyridine rings is 1. The van der Waals surface area contributed by atoms with E-state index in [-0.39, 0.29) is 6.04 Å². The molecule has 0 saturated carbocycles. The number of benzene rings is 4. The van der Waals surface area contributed by atoms with Gasteiger partial charge in [0.2, 0.25) is 0 Å². The normalized spacial score (nSPS) is 15.6. The fourth-order valence-electron chi connectivity index (χ4n) is 5.48. The smallest absolute Gasteiger partial charge is 0.159 e. The lowest BCUT2D eigenvalue weighted by Crippen LogP contribution is -2.20. The Kier molecular flexibility index (Phi) is 4.96. The van der Waals surface area contributed by atoms with Crippen LogP contribution in [0.1, 0.15) is 29.2 Å². The summed E-state index contributed by atoms with van der Waals surface area (Å²) >= 11 is 0. The highest BCUT2D eigenvalue weighted by atomic mass is 16.5. The first-order valence-electron chi connectivity index (χ1n) is 12.6. The van der Waals surface area contributed by atoms with Crippen molar-refractivity contribution in [1.29, 1.82) is 0 Å². The number of hydrogen-bond donors (Lipinski definition) is 1. The third-order valence-corrected chi connectivity index (χ3v) is 7.32. The molecular formula is C32H26N4O. The summed E-state index contributed by atoms with van der Waals surface area (Å²) in [5.74, 6) is 1.70. The molecule has 6 aromatic rings. The quantitative estimate of drug-likeness (QED) is 0.282. The van der Waals surface area contributed by atoms with Gasteiger partial charge in [-0.15, -0.1) is 0 Å². The minimum atomic E-state index is 0.0401. The molecule has 0 radical (unpaired) electrons. The van der Waals surface area contributed by atoms with Crippen LogP contribution in [0.2, 0.25) is 0 Å². The molecular weight excluding hydrogens is 456 g/mol. The molecule has 1 unspecified atom stereocenters. The molecule has 180 valence electrons. The second kappa shape index (κ2) is 8.49. The van der Waals surface area contributed by atoms with Crippen molar-refractivity contribution in [3.8, 4) is 5.75 Å². The first kappa shape index (κ1) is 21.6. The van der Waals surface area contributed by atoms with Crippen molar-refractivity contribution in [3.63, 3.8) is 0 Å². The van der Waals surface area contributed by atoms with Crippen LogP contribution in [0, 0.1) is 6.92 Å². The van der Waals surface area contributed by atoms with Gasteiger partial charge in [-0.2, -0.15) is 5.10 Å². The topological polar surface area (TPSA) is 53.5 Å². The lowest BCUT2D eigenvalue weighted by molar-refractivity contribution is 0.415. The number of fused-ring (bicyclic) bond motifs is 5. The van der Waals surface area contributed by atoms with Crippen molar-refractivity contribution in [2.75, 3.05) is 12.1 Å². The van der Waals surface area contributed by atoms with Crippen molar-refractivity contribution in [3.05, 3.63) is 114 Å². The van der Waals surface area contributed by atoms with Crippen LogP contribution in [0.5, 0.6) is 5.75 Å². The maximum atomic E-state index is 5.37. The summed E-state index contributed by atoms with van der Waals surface area (Å²) in [6.07, 6.45) is 0.788. The molecule has 7 rings (SSSR count). The van der Waals surface area contributed by atoms with Gasteiger partial charge in [0.15, 0.2) is 5.82 Å². The van der Waals surface area contributed by atoms with E-state index >= 15 is 0 Å².